The molecule has 0 spiro atoms. The lowest BCUT2D eigenvalue weighted by Crippen LogP contribution is -1.81. The second-order valence-corrected chi connectivity index (χ2v) is 2.14. The summed E-state index contributed by atoms with van der Waals surface area (Å²) in [5.41, 5.74) is 0.240. The fraction of sp³-hybridized carbons (Fsp3) is 0. The van der Waals surface area contributed by atoms with Gasteiger partial charge in [-0.05, 0) is 12.1 Å². The van der Waals surface area contributed by atoms with Crippen LogP contribution in [0.4, 0.5) is 8.78 Å². The van der Waals surface area contributed by atoms with E-state index in [2.05, 4.69) is 6.07 Å². The van der Waals surface area contributed by atoms with Gasteiger partial charge in [0.2, 0.25) is 0 Å². The molecule has 55 valence electrons. The summed E-state index contributed by atoms with van der Waals surface area (Å²) < 4.78 is 29.7. The quantitative estimate of drug-likeness (QED) is 0.566. The second-order valence-electron chi connectivity index (χ2n) is 2.14. The van der Waals surface area contributed by atoms with Gasteiger partial charge in [-0.2, -0.15) is 0 Å². The van der Waals surface area contributed by atoms with Crippen molar-refractivity contribution in [2.45, 2.75) is 0 Å². The van der Waals surface area contributed by atoms with Gasteiger partial charge in [0, 0.05) is 5.39 Å². The molecule has 1 nitrogen and oxygen atoms in total. The first-order valence-corrected chi connectivity index (χ1v) is 3.02. The molecule has 0 N–H and O–H groups in total. The lowest BCUT2D eigenvalue weighted by atomic mass is 10.2. The van der Waals surface area contributed by atoms with Gasteiger partial charge in [-0.1, -0.05) is 0 Å². The molecule has 3 heteroatoms. The second kappa shape index (κ2) is 2.05. The first-order valence-electron chi connectivity index (χ1n) is 3.02. The highest BCUT2D eigenvalue weighted by atomic mass is 19.2. The van der Waals surface area contributed by atoms with E-state index < -0.39 is 11.6 Å². The maximum Gasteiger partial charge on any atom is 0.170 e. The minimum absolute atomic E-state index is 0.240. The lowest BCUT2D eigenvalue weighted by molar-refractivity contribution is 0.505. The Morgan fingerprint density at radius 1 is 1.36 bits per heavy atom. The molecule has 1 aromatic heterocycles. The summed E-state index contributed by atoms with van der Waals surface area (Å²) in [7, 11) is 0. The average molecular weight is 153 g/mol. The molecule has 0 saturated carbocycles. The van der Waals surface area contributed by atoms with Crippen molar-refractivity contribution in [1.82, 2.24) is 0 Å². The maximum absolute atomic E-state index is 12.5. The largest absolute Gasteiger partial charge is 0.464 e. The van der Waals surface area contributed by atoms with Crippen molar-refractivity contribution in [3.05, 3.63) is 36.1 Å². The van der Waals surface area contributed by atoms with Crippen molar-refractivity contribution in [2.75, 3.05) is 0 Å². The number of furan rings is 1. The number of rotatable bonds is 0. The minimum Gasteiger partial charge on any atom is -0.464 e. The van der Waals surface area contributed by atoms with Crippen molar-refractivity contribution in [3.63, 3.8) is 0 Å². The highest BCUT2D eigenvalue weighted by Crippen LogP contribution is 2.17. The van der Waals surface area contributed by atoms with Crippen LogP contribution in [0.3, 0.4) is 0 Å². The van der Waals surface area contributed by atoms with E-state index in [-0.39, 0.29) is 5.58 Å². The first-order chi connectivity index (χ1) is 5.27. The van der Waals surface area contributed by atoms with Crippen molar-refractivity contribution in [3.8, 4) is 0 Å². The van der Waals surface area contributed by atoms with E-state index in [1.807, 2.05) is 0 Å². The molecule has 0 bridgehead atoms. The Labute approximate surface area is 61.2 Å². The summed E-state index contributed by atoms with van der Waals surface area (Å²) in [6.45, 7) is 0. The number of hydrogen-bond acceptors (Lipinski definition) is 1. The summed E-state index contributed by atoms with van der Waals surface area (Å²) in [5, 5.41) is 0.518. The molecular weight excluding hydrogens is 150 g/mol. The van der Waals surface area contributed by atoms with Gasteiger partial charge in [-0.25, -0.2) is 8.78 Å². The summed E-state index contributed by atoms with van der Waals surface area (Å²) >= 11 is 0. The van der Waals surface area contributed by atoms with Crippen molar-refractivity contribution in [1.29, 1.82) is 0 Å². The maximum atomic E-state index is 12.5. The first kappa shape index (κ1) is 6.34. The molecule has 0 saturated heterocycles. The highest BCUT2D eigenvalue weighted by Gasteiger charge is 2.05. The van der Waals surface area contributed by atoms with Crippen LogP contribution in [-0.2, 0) is 0 Å². The Morgan fingerprint density at radius 3 is 3.00 bits per heavy atom. The Bertz CT molecular complexity index is 356. The summed E-state index contributed by atoms with van der Waals surface area (Å²) in [5.74, 6) is -1.91. The van der Waals surface area contributed by atoms with Crippen LogP contribution in [0, 0.1) is 17.7 Å². The standard InChI is InChI=1S/C8H3F2O/c9-6-3-5-1-2-11-8(5)4-7(6)10/h1-3H. The van der Waals surface area contributed by atoms with E-state index in [9.17, 15) is 8.78 Å². The number of benzene rings is 1. The lowest BCUT2D eigenvalue weighted by Gasteiger charge is -1.89. The van der Waals surface area contributed by atoms with Crippen LogP contribution < -0.4 is 0 Å². The topological polar surface area (TPSA) is 13.1 Å². The van der Waals surface area contributed by atoms with Crippen LogP contribution >= 0.6 is 0 Å². The summed E-state index contributed by atoms with van der Waals surface area (Å²) in [6, 6.07) is 4.75. The van der Waals surface area contributed by atoms with Crippen LogP contribution in [0.25, 0.3) is 11.0 Å². The zero-order chi connectivity index (χ0) is 7.84. The fourth-order valence-electron chi connectivity index (χ4n) is 0.894. The van der Waals surface area contributed by atoms with Crippen molar-refractivity contribution in [2.24, 2.45) is 0 Å². The monoisotopic (exact) mass is 153 g/mol. The van der Waals surface area contributed by atoms with Crippen LogP contribution in [0.2, 0.25) is 0 Å². The molecule has 0 atom stereocenters. The van der Waals surface area contributed by atoms with Gasteiger partial charge >= 0.3 is 0 Å². The fourth-order valence-corrected chi connectivity index (χ4v) is 0.894. The van der Waals surface area contributed by atoms with E-state index in [0.29, 0.717) is 5.39 Å². The molecule has 0 unspecified atom stereocenters. The minimum atomic E-state index is -1.01. The molecule has 11 heavy (non-hydrogen) atoms. The predicted molar refractivity (Wildman–Crippen MR) is 35.0 cm³/mol. The van der Waals surface area contributed by atoms with E-state index >= 15 is 0 Å². The molecule has 0 fully saturated rings. The molecule has 0 amide bonds. The van der Waals surface area contributed by atoms with Gasteiger partial charge < -0.3 is 4.42 Å². The van der Waals surface area contributed by atoms with Gasteiger partial charge in [-0.3, -0.25) is 0 Å². The van der Waals surface area contributed by atoms with Gasteiger partial charge in [0.25, 0.3) is 0 Å². The van der Waals surface area contributed by atoms with Gasteiger partial charge in [0.05, 0.1) is 12.3 Å². The molecule has 1 aromatic carbocycles. The van der Waals surface area contributed by atoms with Crippen LogP contribution in [0.15, 0.2) is 22.8 Å². The molecule has 2 rings (SSSR count). The highest BCUT2D eigenvalue weighted by molar-refractivity contribution is 5.76. The molecule has 0 aliphatic heterocycles. The van der Waals surface area contributed by atoms with Crippen LogP contribution in [0.5, 0.6) is 0 Å². The Hall–Kier alpha value is -1.38. The Balaban J connectivity index is 2.86. The van der Waals surface area contributed by atoms with Gasteiger partial charge in [0.15, 0.2) is 11.6 Å². The molecule has 2 aromatic rings. The third-order valence-electron chi connectivity index (χ3n) is 1.41. The van der Waals surface area contributed by atoms with Crippen LogP contribution in [0.1, 0.15) is 0 Å². The van der Waals surface area contributed by atoms with Crippen molar-refractivity contribution < 1.29 is 13.2 Å². The third kappa shape index (κ3) is 0.888. The predicted octanol–water partition coefficient (Wildman–Crippen LogP) is 2.51. The van der Waals surface area contributed by atoms with E-state index in [4.69, 9.17) is 4.42 Å². The van der Waals surface area contributed by atoms with E-state index in [1.54, 1.807) is 6.07 Å². The number of fused-ring (bicyclic) bond motifs is 1. The Kier molecular flexibility index (Phi) is 1.18. The van der Waals surface area contributed by atoms with Gasteiger partial charge in [0.1, 0.15) is 5.58 Å². The molecule has 1 radical (unpaired) electrons. The smallest absolute Gasteiger partial charge is 0.170 e. The molecular formula is C8H3F2O. The zero-order valence-corrected chi connectivity index (χ0v) is 5.40. The van der Waals surface area contributed by atoms with Crippen LogP contribution in [-0.4, -0.2) is 0 Å². The number of hydrogen-bond donors (Lipinski definition) is 0. The van der Waals surface area contributed by atoms with E-state index in [0.717, 1.165) is 6.07 Å². The zero-order valence-electron chi connectivity index (χ0n) is 5.40. The summed E-state index contributed by atoms with van der Waals surface area (Å²) in [6.07, 6.45) is 1.36. The molecule has 0 aliphatic rings. The average Bonchev–Trinajstić information content (AvgIpc) is 2.36. The summed E-state index contributed by atoms with van der Waals surface area (Å²) in [4.78, 5) is 0. The van der Waals surface area contributed by atoms with Crippen molar-refractivity contribution >= 4 is 11.0 Å². The molecule has 0 aliphatic carbocycles. The third-order valence-corrected chi connectivity index (χ3v) is 1.41. The SMILES string of the molecule is Fc1[c]c2occc2cc1F. The Morgan fingerprint density at radius 2 is 2.18 bits per heavy atom. The number of halogens is 2. The molecule has 1 heterocycles. The van der Waals surface area contributed by atoms with E-state index in [1.165, 1.54) is 6.26 Å². The van der Waals surface area contributed by atoms with Gasteiger partial charge in [-0.15, -0.1) is 0 Å². The normalized spacial score (nSPS) is 10.7.